The van der Waals surface area contributed by atoms with Crippen LogP contribution < -0.4 is 0 Å². The molecule has 1 saturated carbocycles. The number of hydrogen-bond acceptors (Lipinski definition) is 3. The number of ketones is 1. The van der Waals surface area contributed by atoms with Gasteiger partial charge in [-0.05, 0) is 31.1 Å². The first-order valence-corrected chi connectivity index (χ1v) is 7.11. The van der Waals surface area contributed by atoms with Gasteiger partial charge >= 0.3 is 0 Å². The number of rotatable bonds is 2. The van der Waals surface area contributed by atoms with Gasteiger partial charge in [-0.3, -0.25) is 4.79 Å². The van der Waals surface area contributed by atoms with Gasteiger partial charge in [0.05, 0.1) is 12.6 Å². The molecule has 1 saturated heterocycles. The van der Waals surface area contributed by atoms with E-state index in [0.29, 0.717) is 23.5 Å². The summed E-state index contributed by atoms with van der Waals surface area (Å²) >= 11 is 0. The van der Waals surface area contributed by atoms with Crippen molar-refractivity contribution in [2.75, 3.05) is 13.2 Å². The highest BCUT2D eigenvalue weighted by Crippen LogP contribution is 2.55. The summed E-state index contributed by atoms with van der Waals surface area (Å²) in [5.74, 6) is 2.01. The molecule has 0 aromatic heterocycles. The summed E-state index contributed by atoms with van der Waals surface area (Å²) in [5.41, 5.74) is 1.23. The molecule has 96 valence electrons. The number of carbonyl (C=O) groups is 1. The molecule has 4 aliphatic rings. The van der Waals surface area contributed by atoms with Gasteiger partial charge in [0, 0.05) is 30.2 Å². The van der Waals surface area contributed by atoms with Gasteiger partial charge in [0.15, 0.2) is 5.78 Å². The van der Waals surface area contributed by atoms with E-state index < -0.39 is 0 Å². The minimum Gasteiger partial charge on any atom is -0.394 e. The molecule has 2 fully saturated rings. The summed E-state index contributed by atoms with van der Waals surface area (Å²) in [5, 5.41) is 9.47. The average molecular weight is 245 g/mol. The maximum atomic E-state index is 12.2. The van der Waals surface area contributed by atoms with Gasteiger partial charge in [-0.15, -0.1) is 0 Å². The number of fused-ring (bicyclic) bond motifs is 5. The van der Waals surface area contributed by atoms with Crippen LogP contribution in [0.3, 0.4) is 0 Å². The number of hydrogen-bond donors (Lipinski definition) is 1. The van der Waals surface area contributed by atoms with Gasteiger partial charge < -0.3 is 10.0 Å². The Kier molecular flexibility index (Phi) is 2.22. The second kappa shape index (κ2) is 3.70. The first-order valence-electron chi connectivity index (χ1n) is 7.11. The molecule has 5 unspecified atom stereocenters. The predicted octanol–water partition coefficient (Wildman–Crippen LogP) is 1.35. The lowest BCUT2D eigenvalue weighted by molar-refractivity contribution is -0.118. The number of likely N-dealkylation sites (tertiary alicyclic amines) is 1. The Labute approximate surface area is 107 Å². The summed E-state index contributed by atoms with van der Waals surface area (Å²) in [4.78, 5) is 14.5. The van der Waals surface area contributed by atoms with Crippen molar-refractivity contribution in [1.82, 2.24) is 4.90 Å². The molecule has 3 aliphatic carbocycles. The molecule has 3 heteroatoms. The fraction of sp³-hybridized carbons (Fsp3) is 0.667. The Morgan fingerprint density at radius 3 is 2.83 bits per heavy atom. The summed E-state index contributed by atoms with van der Waals surface area (Å²) < 4.78 is 0. The predicted molar refractivity (Wildman–Crippen MR) is 67.6 cm³/mol. The van der Waals surface area contributed by atoms with Gasteiger partial charge in [0.2, 0.25) is 0 Å². The van der Waals surface area contributed by atoms with Crippen molar-refractivity contribution in [3.8, 4) is 0 Å². The van der Waals surface area contributed by atoms with E-state index in [4.69, 9.17) is 0 Å². The molecule has 1 aliphatic heterocycles. The Morgan fingerprint density at radius 2 is 2.06 bits per heavy atom. The van der Waals surface area contributed by atoms with E-state index in [1.807, 2.05) is 6.08 Å². The number of aliphatic hydroxyl groups is 1. The van der Waals surface area contributed by atoms with Crippen LogP contribution in [0.25, 0.3) is 0 Å². The van der Waals surface area contributed by atoms with Crippen molar-refractivity contribution >= 4 is 5.78 Å². The molecule has 2 bridgehead atoms. The van der Waals surface area contributed by atoms with E-state index in [1.54, 1.807) is 0 Å². The highest BCUT2D eigenvalue weighted by molar-refractivity contribution is 5.96. The molecule has 1 heterocycles. The Morgan fingerprint density at radius 1 is 1.28 bits per heavy atom. The van der Waals surface area contributed by atoms with Crippen LogP contribution in [-0.2, 0) is 4.79 Å². The Hall–Kier alpha value is -1.09. The largest absolute Gasteiger partial charge is 0.394 e. The van der Waals surface area contributed by atoms with Gasteiger partial charge in [-0.2, -0.15) is 0 Å². The normalized spacial score (nSPS) is 44.9. The monoisotopic (exact) mass is 245 g/mol. The van der Waals surface area contributed by atoms with Crippen LogP contribution >= 0.6 is 0 Å². The number of aliphatic hydroxyl groups excluding tert-OH is 1. The standard InChI is InChI=1S/C15H19NO2/c17-8-11-2-1-5-16(11)12-7-13(18)15-10-4-3-9(6-10)14(12)15/h3-4,7,9-11,14-15,17H,1-2,5-6,8H2. The second-order valence-electron chi connectivity index (χ2n) is 6.14. The van der Waals surface area contributed by atoms with Crippen LogP contribution in [0.5, 0.6) is 0 Å². The molecule has 0 spiro atoms. The van der Waals surface area contributed by atoms with E-state index in [1.165, 1.54) is 5.70 Å². The minimum absolute atomic E-state index is 0.215. The van der Waals surface area contributed by atoms with Gasteiger partial charge in [0.1, 0.15) is 0 Å². The molecule has 0 radical (unpaired) electrons. The summed E-state index contributed by atoms with van der Waals surface area (Å²) in [7, 11) is 0. The van der Waals surface area contributed by atoms with Crippen molar-refractivity contribution < 1.29 is 9.90 Å². The molecule has 0 aromatic carbocycles. The molecule has 3 nitrogen and oxygen atoms in total. The van der Waals surface area contributed by atoms with Crippen LogP contribution in [0.15, 0.2) is 23.9 Å². The Bertz CT molecular complexity index is 453. The third kappa shape index (κ3) is 1.26. The molecular weight excluding hydrogens is 226 g/mol. The number of carbonyl (C=O) groups excluding carboxylic acids is 1. The lowest BCUT2D eigenvalue weighted by Crippen LogP contribution is -2.35. The van der Waals surface area contributed by atoms with Gasteiger partial charge in [0.25, 0.3) is 0 Å². The first-order chi connectivity index (χ1) is 8.79. The molecule has 1 N–H and O–H groups in total. The smallest absolute Gasteiger partial charge is 0.161 e. The molecular formula is C15H19NO2. The van der Waals surface area contributed by atoms with Crippen molar-refractivity contribution in [3.63, 3.8) is 0 Å². The highest BCUT2D eigenvalue weighted by Gasteiger charge is 2.53. The zero-order valence-electron chi connectivity index (χ0n) is 10.5. The fourth-order valence-electron chi connectivity index (χ4n) is 4.59. The van der Waals surface area contributed by atoms with Gasteiger partial charge in [-0.1, -0.05) is 12.2 Å². The van der Waals surface area contributed by atoms with E-state index >= 15 is 0 Å². The van der Waals surface area contributed by atoms with Crippen molar-refractivity contribution in [2.24, 2.45) is 23.7 Å². The number of allylic oxidation sites excluding steroid dienone is 4. The van der Waals surface area contributed by atoms with E-state index in [0.717, 1.165) is 25.8 Å². The zero-order valence-corrected chi connectivity index (χ0v) is 10.5. The van der Waals surface area contributed by atoms with Gasteiger partial charge in [-0.25, -0.2) is 0 Å². The maximum Gasteiger partial charge on any atom is 0.161 e. The summed E-state index contributed by atoms with van der Waals surface area (Å²) in [6.07, 6.45) is 9.79. The first kappa shape index (κ1) is 10.8. The summed E-state index contributed by atoms with van der Waals surface area (Å²) in [6.45, 7) is 1.22. The van der Waals surface area contributed by atoms with Crippen LogP contribution in [0.1, 0.15) is 19.3 Å². The summed E-state index contributed by atoms with van der Waals surface area (Å²) in [6, 6.07) is 0.242. The molecule has 0 aromatic rings. The molecule has 18 heavy (non-hydrogen) atoms. The maximum absolute atomic E-state index is 12.2. The second-order valence-corrected chi connectivity index (χ2v) is 6.14. The van der Waals surface area contributed by atoms with Crippen molar-refractivity contribution in [2.45, 2.75) is 25.3 Å². The lowest BCUT2D eigenvalue weighted by Gasteiger charge is -2.33. The van der Waals surface area contributed by atoms with E-state index in [9.17, 15) is 9.90 Å². The number of nitrogens with zero attached hydrogens (tertiary/aromatic N) is 1. The Balaban J connectivity index is 1.67. The zero-order chi connectivity index (χ0) is 12.3. The lowest BCUT2D eigenvalue weighted by atomic mass is 9.83. The third-order valence-corrected chi connectivity index (χ3v) is 5.34. The SMILES string of the molecule is O=C1C=C(N2CCCC2CO)C2C3C=CC(C3)C12. The van der Waals surface area contributed by atoms with Crippen molar-refractivity contribution in [1.29, 1.82) is 0 Å². The third-order valence-electron chi connectivity index (χ3n) is 5.34. The van der Waals surface area contributed by atoms with Crippen LogP contribution in [-0.4, -0.2) is 35.0 Å². The molecule has 0 amide bonds. The highest BCUT2D eigenvalue weighted by atomic mass is 16.3. The molecule has 4 rings (SSSR count). The average Bonchev–Trinajstić information content (AvgIpc) is 3.09. The topological polar surface area (TPSA) is 40.5 Å². The van der Waals surface area contributed by atoms with E-state index in [-0.39, 0.29) is 18.6 Å². The molecule has 5 atom stereocenters. The van der Waals surface area contributed by atoms with Crippen LogP contribution in [0, 0.1) is 23.7 Å². The van der Waals surface area contributed by atoms with Crippen LogP contribution in [0.2, 0.25) is 0 Å². The minimum atomic E-state index is 0.215. The quantitative estimate of drug-likeness (QED) is 0.747. The van der Waals surface area contributed by atoms with Crippen molar-refractivity contribution in [3.05, 3.63) is 23.9 Å². The van der Waals surface area contributed by atoms with E-state index in [2.05, 4.69) is 17.1 Å². The fourth-order valence-corrected chi connectivity index (χ4v) is 4.59. The van der Waals surface area contributed by atoms with Crippen LogP contribution in [0.4, 0.5) is 0 Å².